The lowest BCUT2D eigenvalue weighted by atomic mass is 9.94. The van der Waals surface area contributed by atoms with Gasteiger partial charge in [0.1, 0.15) is 5.41 Å². The van der Waals surface area contributed by atoms with E-state index in [4.69, 9.17) is 20.4 Å². The highest BCUT2D eigenvalue weighted by molar-refractivity contribution is 5.74. The Kier molecular flexibility index (Phi) is 6.95. The SMILES string of the molecule is CC(C)(C)C(=O)O.CC(CO)(CO)C(=O)O. The van der Waals surface area contributed by atoms with Crippen LogP contribution in [-0.4, -0.2) is 45.6 Å². The van der Waals surface area contributed by atoms with E-state index in [9.17, 15) is 9.59 Å². The highest BCUT2D eigenvalue weighted by Gasteiger charge is 2.31. The van der Waals surface area contributed by atoms with E-state index in [1.54, 1.807) is 20.8 Å². The maximum Gasteiger partial charge on any atom is 0.314 e. The van der Waals surface area contributed by atoms with Gasteiger partial charge in [-0.2, -0.15) is 0 Å². The maximum atomic E-state index is 10.2. The number of carbonyl (C=O) groups is 2. The average molecular weight is 236 g/mol. The Morgan fingerprint density at radius 2 is 1.12 bits per heavy atom. The second-order valence-corrected chi connectivity index (χ2v) is 4.74. The third kappa shape index (κ3) is 6.36. The molecule has 0 aromatic rings. The maximum absolute atomic E-state index is 10.2. The van der Waals surface area contributed by atoms with Gasteiger partial charge in [0.15, 0.2) is 0 Å². The Morgan fingerprint density at radius 1 is 0.875 bits per heavy atom. The summed E-state index contributed by atoms with van der Waals surface area (Å²) in [6.45, 7) is 5.17. The molecule has 0 radical (unpaired) electrons. The number of aliphatic hydroxyl groups is 2. The lowest BCUT2D eigenvalue weighted by molar-refractivity contribution is -0.153. The van der Waals surface area contributed by atoms with E-state index in [0.29, 0.717) is 0 Å². The van der Waals surface area contributed by atoms with Crippen LogP contribution in [0.5, 0.6) is 0 Å². The normalized spacial score (nSPS) is 11.4. The van der Waals surface area contributed by atoms with Gasteiger partial charge in [-0.15, -0.1) is 0 Å². The van der Waals surface area contributed by atoms with Gasteiger partial charge in [0.25, 0.3) is 0 Å². The van der Waals surface area contributed by atoms with Crippen LogP contribution < -0.4 is 0 Å². The van der Waals surface area contributed by atoms with Gasteiger partial charge in [-0.25, -0.2) is 0 Å². The van der Waals surface area contributed by atoms with Crippen molar-refractivity contribution in [3.05, 3.63) is 0 Å². The van der Waals surface area contributed by atoms with Gasteiger partial charge in [-0.3, -0.25) is 9.59 Å². The van der Waals surface area contributed by atoms with Crippen molar-refractivity contribution in [1.82, 2.24) is 0 Å². The summed E-state index contributed by atoms with van der Waals surface area (Å²) in [5.41, 5.74) is -1.97. The fourth-order valence-corrected chi connectivity index (χ4v) is 0.185. The van der Waals surface area contributed by atoms with E-state index in [0.717, 1.165) is 0 Å². The van der Waals surface area contributed by atoms with Crippen molar-refractivity contribution >= 4 is 11.9 Å². The van der Waals surface area contributed by atoms with E-state index < -0.39 is 36.0 Å². The van der Waals surface area contributed by atoms with Crippen LogP contribution in [0, 0.1) is 10.8 Å². The minimum absolute atomic E-state index is 0.543. The predicted molar refractivity (Wildman–Crippen MR) is 57.0 cm³/mol. The topological polar surface area (TPSA) is 115 Å². The number of hydrogen-bond donors (Lipinski definition) is 4. The molecule has 6 heteroatoms. The zero-order valence-corrected chi connectivity index (χ0v) is 10.0. The molecule has 0 aromatic carbocycles. The molecule has 0 aliphatic rings. The summed E-state index contributed by atoms with van der Waals surface area (Å²) in [4.78, 5) is 20.2. The van der Waals surface area contributed by atoms with Crippen molar-refractivity contribution < 1.29 is 30.0 Å². The molecule has 0 saturated carbocycles. The van der Waals surface area contributed by atoms with Gasteiger partial charge >= 0.3 is 11.9 Å². The summed E-state index contributed by atoms with van der Waals surface area (Å²) in [6.07, 6.45) is 0. The average Bonchev–Trinajstić information content (AvgIpc) is 2.15. The summed E-state index contributed by atoms with van der Waals surface area (Å²) < 4.78 is 0. The molecular formula is C10H20O6. The molecule has 0 fully saturated rings. The molecule has 0 unspecified atom stereocenters. The predicted octanol–water partition coefficient (Wildman–Crippen LogP) is 0.179. The van der Waals surface area contributed by atoms with Gasteiger partial charge in [-0.05, 0) is 27.7 Å². The van der Waals surface area contributed by atoms with Crippen molar-refractivity contribution in [3.63, 3.8) is 0 Å². The Labute approximate surface area is 94.5 Å². The second-order valence-electron chi connectivity index (χ2n) is 4.74. The zero-order chi connectivity index (χ0) is 13.6. The number of aliphatic hydroxyl groups excluding tert-OH is 2. The molecule has 0 rings (SSSR count). The Bertz CT molecular complexity index is 236. The number of aliphatic carboxylic acids is 2. The van der Waals surface area contributed by atoms with Gasteiger partial charge in [-0.1, -0.05) is 0 Å². The first-order chi connectivity index (χ1) is 7.01. The third-order valence-corrected chi connectivity index (χ3v) is 1.86. The van der Waals surface area contributed by atoms with E-state index in [1.165, 1.54) is 6.92 Å². The fraction of sp³-hybridized carbons (Fsp3) is 0.800. The molecule has 0 spiro atoms. The molecule has 6 nitrogen and oxygen atoms in total. The summed E-state index contributed by atoms with van der Waals surface area (Å²) in [5.74, 6) is -1.94. The first-order valence-electron chi connectivity index (χ1n) is 4.70. The summed E-state index contributed by atoms with van der Waals surface area (Å²) in [7, 11) is 0. The van der Waals surface area contributed by atoms with Crippen molar-refractivity contribution in [2.24, 2.45) is 10.8 Å². The molecule has 0 atom stereocenters. The zero-order valence-electron chi connectivity index (χ0n) is 10.0. The third-order valence-electron chi connectivity index (χ3n) is 1.86. The molecule has 0 amide bonds. The van der Waals surface area contributed by atoms with Gasteiger partial charge in [0.2, 0.25) is 0 Å². The van der Waals surface area contributed by atoms with Gasteiger partial charge in [0.05, 0.1) is 18.6 Å². The molecule has 4 N–H and O–H groups in total. The lowest BCUT2D eigenvalue weighted by Gasteiger charge is -2.17. The molecule has 0 saturated heterocycles. The van der Waals surface area contributed by atoms with E-state index in [2.05, 4.69) is 0 Å². The van der Waals surface area contributed by atoms with Crippen LogP contribution in [-0.2, 0) is 9.59 Å². The van der Waals surface area contributed by atoms with Crippen molar-refractivity contribution in [3.8, 4) is 0 Å². The number of carboxylic acids is 2. The number of hydrogen-bond acceptors (Lipinski definition) is 4. The van der Waals surface area contributed by atoms with Gasteiger partial charge < -0.3 is 20.4 Å². The van der Waals surface area contributed by atoms with Gasteiger partial charge in [0, 0.05) is 0 Å². The first kappa shape index (κ1) is 17.3. The lowest BCUT2D eigenvalue weighted by Crippen LogP contribution is -2.35. The molecule has 0 bridgehead atoms. The van der Waals surface area contributed by atoms with Crippen molar-refractivity contribution in [1.29, 1.82) is 0 Å². The van der Waals surface area contributed by atoms with Crippen molar-refractivity contribution in [2.75, 3.05) is 13.2 Å². The van der Waals surface area contributed by atoms with E-state index in [-0.39, 0.29) is 0 Å². The van der Waals surface area contributed by atoms with E-state index in [1.807, 2.05) is 0 Å². The minimum atomic E-state index is -1.39. The summed E-state index contributed by atoms with van der Waals surface area (Å²) >= 11 is 0. The quantitative estimate of drug-likeness (QED) is 0.555. The highest BCUT2D eigenvalue weighted by Crippen LogP contribution is 2.13. The van der Waals surface area contributed by atoms with Crippen LogP contribution in [0.1, 0.15) is 27.7 Å². The molecular weight excluding hydrogens is 216 g/mol. The van der Waals surface area contributed by atoms with Crippen LogP contribution in [0.15, 0.2) is 0 Å². The van der Waals surface area contributed by atoms with Crippen LogP contribution in [0.4, 0.5) is 0 Å². The standard InChI is InChI=1S/C5H10O4.C5H10O2/c1-5(2-6,3-7)4(8)9;1-5(2,3)4(6)7/h6-7H,2-3H2,1H3,(H,8,9);1-3H3,(H,6,7). The molecule has 0 aromatic heterocycles. The highest BCUT2D eigenvalue weighted by atomic mass is 16.4. The van der Waals surface area contributed by atoms with Crippen molar-refractivity contribution in [2.45, 2.75) is 27.7 Å². The largest absolute Gasteiger partial charge is 0.481 e. The Balaban J connectivity index is 0. The monoisotopic (exact) mass is 236 g/mol. The smallest absolute Gasteiger partial charge is 0.314 e. The first-order valence-corrected chi connectivity index (χ1v) is 4.70. The molecule has 0 aliphatic carbocycles. The fourth-order valence-electron chi connectivity index (χ4n) is 0.185. The molecule has 0 heterocycles. The number of carboxylic acid groups (broad SMARTS) is 2. The van der Waals surface area contributed by atoms with Crippen LogP contribution >= 0.6 is 0 Å². The van der Waals surface area contributed by atoms with Crippen LogP contribution in [0.3, 0.4) is 0 Å². The Morgan fingerprint density at radius 3 is 1.12 bits per heavy atom. The van der Waals surface area contributed by atoms with E-state index >= 15 is 0 Å². The van der Waals surface area contributed by atoms with Crippen LogP contribution in [0.2, 0.25) is 0 Å². The minimum Gasteiger partial charge on any atom is -0.481 e. The molecule has 0 aliphatic heterocycles. The molecule has 16 heavy (non-hydrogen) atoms. The summed E-state index contributed by atoms with van der Waals surface area (Å²) in [5, 5.41) is 33.4. The Hall–Kier alpha value is -1.14. The summed E-state index contributed by atoms with van der Waals surface area (Å²) in [6, 6.07) is 0. The molecule has 96 valence electrons. The second kappa shape index (κ2) is 6.44. The number of rotatable bonds is 3. The van der Waals surface area contributed by atoms with Crippen LogP contribution in [0.25, 0.3) is 0 Å².